The second-order valence-corrected chi connectivity index (χ2v) is 8.59. The molecule has 1 aliphatic heterocycles. The molecule has 0 amide bonds. The molecular weight excluding hydrogens is 464 g/mol. The summed E-state index contributed by atoms with van der Waals surface area (Å²) in [4.78, 5) is 12.5. The van der Waals surface area contributed by atoms with Gasteiger partial charge in [-0.05, 0) is 54.4 Å². The Hall–Kier alpha value is -3.95. The van der Waals surface area contributed by atoms with Crippen molar-refractivity contribution in [2.45, 2.75) is 32.1 Å². The molecule has 1 unspecified atom stereocenters. The summed E-state index contributed by atoms with van der Waals surface area (Å²) in [6.07, 6.45) is 3.21. The molecule has 6 nitrogen and oxygen atoms in total. The number of hydrogen-bond acceptors (Lipinski definition) is 6. The largest absolute Gasteiger partial charge is 0.494 e. The fourth-order valence-corrected chi connectivity index (χ4v) is 4.05. The van der Waals surface area contributed by atoms with Crippen LogP contribution in [-0.4, -0.2) is 12.6 Å². The summed E-state index contributed by atoms with van der Waals surface area (Å²) >= 11 is 5.89. The number of halogens is 1. The Bertz CT molecular complexity index is 1300. The number of nitrogens with zero attached hydrogens (tertiary/aromatic N) is 1. The van der Waals surface area contributed by atoms with Gasteiger partial charge in [0.25, 0.3) is 0 Å². The van der Waals surface area contributed by atoms with Gasteiger partial charge < -0.3 is 19.9 Å². The topological polar surface area (TPSA) is 94.6 Å². The molecule has 3 aromatic rings. The van der Waals surface area contributed by atoms with Crippen LogP contribution in [0.15, 0.2) is 78.2 Å². The van der Waals surface area contributed by atoms with E-state index in [1.807, 2.05) is 24.3 Å². The zero-order chi connectivity index (χ0) is 24.8. The number of nitriles is 1. The van der Waals surface area contributed by atoms with Gasteiger partial charge in [-0.3, -0.25) is 0 Å². The molecule has 1 atom stereocenters. The van der Waals surface area contributed by atoms with Crippen LogP contribution in [0.3, 0.4) is 0 Å². The van der Waals surface area contributed by atoms with Gasteiger partial charge in [0, 0.05) is 16.7 Å². The molecule has 0 saturated carbocycles. The predicted molar refractivity (Wildman–Crippen MR) is 134 cm³/mol. The first-order valence-electron chi connectivity index (χ1n) is 11.4. The number of ether oxygens (including phenoxy) is 3. The van der Waals surface area contributed by atoms with E-state index in [1.54, 1.807) is 42.5 Å². The number of carbonyl (C=O) groups is 1. The normalized spacial score (nSPS) is 14.5. The number of fused-ring (bicyclic) bond motifs is 1. The van der Waals surface area contributed by atoms with E-state index >= 15 is 0 Å². The van der Waals surface area contributed by atoms with Gasteiger partial charge in [0.15, 0.2) is 0 Å². The molecule has 0 spiro atoms. The summed E-state index contributed by atoms with van der Waals surface area (Å²) in [5.74, 6) is 0.495. The number of unbranched alkanes of at least 4 members (excludes halogenated alkanes) is 2. The number of hydrogen-bond donors (Lipinski definition) is 1. The van der Waals surface area contributed by atoms with Crippen molar-refractivity contribution in [3.05, 3.63) is 99.9 Å². The maximum Gasteiger partial charge on any atom is 0.343 e. The summed E-state index contributed by atoms with van der Waals surface area (Å²) in [6.45, 7) is 2.78. The third kappa shape index (κ3) is 5.59. The van der Waals surface area contributed by atoms with Crippen molar-refractivity contribution in [1.82, 2.24) is 0 Å². The van der Waals surface area contributed by atoms with E-state index in [-0.39, 0.29) is 5.88 Å². The molecule has 0 aliphatic carbocycles. The minimum atomic E-state index is -0.525. The van der Waals surface area contributed by atoms with E-state index in [4.69, 9.17) is 31.5 Å². The number of rotatable bonds is 8. The number of benzene rings is 3. The van der Waals surface area contributed by atoms with E-state index in [1.165, 1.54) is 0 Å². The Morgan fingerprint density at radius 3 is 2.63 bits per heavy atom. The number of esters is 1. The van der Waals surface area contributed by atoms with Gasteiger partial charge in [0.2, 0.25) is 5.88 Å². The van der Waals surface area contributed by atoms with Gasteiger partial charge >= 0.3 is 5.97 Å². The van der Waals surface area contributed by atoms with Crippen molar-refractivity contribution >= 4 is 17.6 Å². The Morgan fingerprint density at radius 1 is 1.09 bits per heavy atom. The smallest absolute Gasteiger partial charge is 0.343 e. The fourth-order valence-electron chi connectivity index (χ4n) is 3.92. The lowest BCUT2D eigenvalue weighted by Crippen LogP contribution is -2.21. The third-order valence-electron chi connectivity index (χ3n) is 5.69. The van der Waals surface area contributed by atoms with Crippen LogP contribution in [-0.2, 0) is 0 Å². The van der Waals surface area contributed by atoms with E-state index in [2.05, 4.69) is 13.0 Å². The van der Waals surface area contributed by atoms with Gasteiger partial charge in [-0.15, -0.1) is 0 Å². The molecular formula is C28H25ClN2O4. The lowest BCUT2D eigenvalue weighted by Gasteiger charge is -2.27. The highest BCUT2D eigenvalue weighted by Crippen LogP contribution is 2.44. The number of allylic oxidation sites excluding steroid dienone is 1. The zero-order valence-electron chi connectivity index (χ0n) is 19.3. The Kier molecular flexibility index (Phi) is 7.59. The molecule has 7 heteroatoms. The van der Waals surface area contributed by atoms with Crippen LogP contribution >= 0.6 is 11.6 Å². The highest BCUT2D eigenvalue weighted by atomic mass is 35.5. The number of nitrogens with two attached hydrogens (primary N) is 1. The number of carbonyl (C=O) groups excluding carboxylic acids is 1. The van der Waals surface area contributed by atoms with Crippen molar-refractivity contribution in [2.24, 2.45) is 5.73 Å². The highest BCUT2D eigenvalue weighted by Gasteiger charge is 2.31. The molecule has 2 N–H and O–H groups in total. The van der Waals surface area contributed by atoms with Gasteiger partial charge in [0.05, 0.1) is 18.1 Å². The minimum absolute atomic E-state index is 0.0143. The van der Waals surface area contributed by atoms with E-state index in [9.17, 15) is 10.1 Å². The van der Waals surface area contributed by atoms with Crippen molar-refractivity contribution in [2.75, 3.05) is 6.61 Å². The van der Waals surface area contributed by atoms with Crippen LogP contribution in [0.4, 0.5) is 0 Å². The molecule has 0 fully saturated rings. The summed E-state index contributed by atoms with van der Waals surface area (Å²) in [5.41, 5.74) is 8.40. The second kappa shape index (κ2) is 11.0. The van der Waals surface area contributed by atoms with Crippen molar-refractivity contribution < 1.29 is 19.0 Å². The molecule has 0 radical (unpaired) electrons. The van der Waals surface area contributed by atoms with Crippen molar-refractivity contribution in [3.8, 4) is 23.3 Å². The molecule has 1 aliphatic rings. The van der Waals surface area contributed by atoms with Crippen LogP contribution < -0.4 is 19.9 Å². The molecule has 0 bridgehead atoms. The molecule has 1 heterocycles. The first-order valence-corrected chi connectivity index (χ1v) is 11.8. The first kappa shape index (κ1) is 24.2. The quantitative estimate of drug-likeness (QED) is 0.225. The van der Waals surface area contributed by atoms with E-state index in [0.717, 1.165) is 36.1 Å². The van der Waals surface area contributed by atoms with Crippen LogP contribution in [0.25, 0.3) is 0 Å². The van der Waals surface area contributed by atoms with Crippen LogP contribution in [0.1, 0.15) is 53.6 Å². The maximum atomic E-state index is 12.5. The highest BCUT2D eigenvalue weighted by molar-refractivity contribution is 6.30. The van der Waals surface area contributed by atoms with Gasteiger partial charge in [0.1, 0.15) is 28.9 Å². The minimum Gasteiger partial charge on any atom is -0.494 e. The lowest BCUT2D eigenvalue weighted by atomic mass is 9.83. The standard InChI is InChI=1S/C28H25ClN2O4/c1-2-3-4-14-33-21-7-5-6-19(15-21)26-23-13-12-22(16-25(23)35-27(31)24(26)17-30)34-28(32)18-8-10-20(29)11-9-18/h5-13,15-16,26H,2-4,14,31H2,1H3. The second-order valence-electron chi connectivity index (χ2n) is 8.15. The monoisotopic (exact) mass is 488 g/mol. The van der Waals surface area contributed by atoms with Gasteiger partial charge in [-0.1, -0.05) is 49.6 Å². The molecule has 0 aromatic heterocycles. The third-order valence-corrected chi connectivity index (χ3v) is 5.94. The van der Waals surface area contributed by atoms with Crippen molar-refractivity contribution in [1.29, 1.82) is 5.26 Å². The van der Waals surface area contributed by atoms with Crippen LogP contribution in [0.5, 0.6) is 17.2 Å². The summed E-state index contributed by atoms with van der Waals surface area (Å²) in [6, 6.07) is 21.3. The Labute approximate surface area is 209 Å². The fraction of sp³-hybridized carbons (Fsp3) is 0.214. The van der Waals surface area contributed by atoms with Crippen molar-refractivity contribution in [3.63, 3.8) is 0 Å². The van der Waals surface area contributed by atoms with Crippen LogP contribution in [0, 0.1) is 11.3 Å². The van der Waals surface area contributed by atoms with E-state index in [0.29, 0.717) is 34.3 Å². The molecule has 4 rings (SSSR count). The molecule has 178 valence electrons. The average molecular weight is 489 g/mol. The first-order chi connectivity index (χ1) is 17.0. The lowest BCUT2D eigenvalue weighted by molar-refractivity contribution is 0.0734. The summed E-state index contributed by atoms with van der Waals surface area (Å²) < 4.78 is 17.2. The van der Waals surface area contributed by atoms with E-state index < -0.39 is 11.9 Å². The molecule has 3 aromatic carbocycles. The average Bonchev–Trinajstić information content (AvgIpc) is 2.86. The SMILES string of the molecule is CCCCCOc1cccc(C2C(C#N)=C(N)Oc3cc(OC(=O)c4ccc(Cl)cc4)ccc32)c1. The summed E-state index contributed by atoms with van der Waals surface area (Å²) in [5, 5.41) is 10.4. The molecule has 0 saturated heterocycles. The van der Waals surface area contributed by atoms with Crippen LogP contribution in [0.2, 0.25) is 5.02 Å². The maximum absolute atomic E-state index is 12.5. The van der Waals surface area contributed by atoms with Gasteiger partial charge in [-0.2, -0.15) is 5.26 Å². The molecule has 35 heavy (non-hydrogen) atoms. The summed E-state index contributed by atoms with van der Waals surface area (Å²) in [7, 11) is 0. The van der Waals surface area contributed by atoms with Gasteiger partial charge in [-0.25, -0.2) is 4.79 Å². The Balaban J connectivity index is 1.61. The zero-order valence-corrected chi connectivity index (χ0v) is 20.0. The Morgan fingerprint density at radius 2 is 1.89 bits per heavy atom. The predicted octanol–water partition coefficient (Wildman–Crippen LogP) is 6.35.